The molecule has 2 aromatic rings. The molecule has 3 rings (SSSR count). The van der Waals surface area contributed by atoms with Gasteiger partial charge in [0, 0.05) is 18.8 Å². The molecule has 34 heavy (non-hydrogen) atoms. The van der Waals surface area contributed by atoms with Crippen molar-refractivity contribution >= 4 is 23.2 Å². The first kappa shape index (κ1) is 25.4. The lowest BCUT2D eigenvalue weighted by Gasteiger charge is -2.42. The summed E-state index contributed by atoms with van der Waals surface area (Å²) in [7, 11) is 1.78. The molecular weight excluding hydrogens is 430 g/mol. The highest BCUT2D eigenvalue weighted by molar-refractivity contribution is 5.73. The Morgan fingerprint density at radius 1 is 1.26 bits per heavy atom. The molecular formula is C26H35N5O3. The quantitative estimate of drug-likeness (QED) is 0.423. The summed E-state index contributed by atoms with van der Waals surface area (Å²) in [6.45, 7) is 6.35. The van der Waals surface area contributed by atoms with E-state index in [2.05, 4.69) is 29.5 Å². The molecule has 8 heteroatoms. The molecule has 1 aliphatic rings. The smallest absolute Gasteiger partial charge is 0.303 e. The zero-order valence-corrected chi connectivity index (χ0v) is 20.5. The average Bonchev–Trinajstić information content (AvgIpc) is 2.80. The summed E-state index contributed by atoms with van der Waals surface area (Å²) in [4.78, 5) is 20.2. The van der Waals surface area contributed by atoms with Crippen LogP contribution in [0.3, 0.4) is 0 Å². The number of rotatable bonds is 10. The van der Waals surface area contributed by atoms with Crippen molar-refractivity contribution in [3.8, 4) is 6.07 Å². The normalized spacial score (nSPS) is 21.0. The molecule has 0 aromatic carbocycles. The summed E-state index contributed by atoms with van der Waals surface area (Å²) < 4.78 is 5.60. The second-order valence-corrected chi connectivity index (χ2v) is 9.77. The van der Waals surface area contributed by atoms with Gasteiger partial charge in [-0.05, 0) is 67.7 Å². The molecule has 8 nitrogen and oxygen atoms in total. The van der Waals surface area contributed by atoms with Crippen molar-refractivity contribution in [2.45, 2.75) is 76.9 Å². The number of methoxy groups -OCH3 is 1. The maximum Gasteiger partial charge on any atom is 0.303 e. The predicted molar refractivity (Wildman–Crippen MR) is 132 cm³/mol. The number of nitrogens with zero attached hydrogens (tertiary/aromatic N) is 3. The summed E-state index contributed by atoms with van der Waals surface area (Å²) >= 11 is 0. The number of carbonyl (C=O) groups is 1. The largest absolute Gasteiger partial charge is 0.481 e. The van der Waals surface area contributed by atoms with E-state index in [0.29, 0.717) is 11.6 Å². The second kappa shape index (κ2) is 11.3. The highest BCUT2D eigenvalue weighted by Gasteiger charge is 2.36. The fourth-order valence-electron chi connectivity index (χ4n) is 4.81. The molecule has 0 unspecified atom stereocenters. The van der Waals surface area contributed by atoms with Gasteiger partial charge in [-0.15, -0.1) is 0 Å². The predicted octanol–water partition coefficient (Wildman–Crippen LogP) is 5.46. The van der Waals surface area contributed by atoms with Crippen LogP contribution in [0.25, 0.3) is 0 Å². The molecule has 0 aliphatic heterocycles. The van der Waals surface area contributed by atoms with Gasteiger partial charge in [-0.2, -0.15) is 5.26 Å². The van der Waals surface area contributed by atoms with Crippen LogP contribution in [0.1, 0.15) is 76.5 Å². The Hall–Kier alpha value is -3.18. The van der Waals surface area contributed by atoms with Crippen LogP contribution < -0.4 is 10.6 Å². The van der Waals surface area contributed by atoms with Crippen molar-refractivity contribution in [2.75, 3.05) is 17.7 Å². The fraction of sp³-hybridized carbons (Fsp3) is 0.538. The molecule has 0 amide bonds. The standard InChI is InChI=1S/C26H35N5O3/c1-17(2)13-26(9-7-22(34-4)8-10-26)31-25-23(30-21-6-5-20(14-27)28-16-21)12-19(15-29-25)18(3)11-24(32)33/h5-6,12,15-18,22,30H,7-11,13H2,1-4H3,(H,29,31)(H,32,33)/t18-,22?,26?/m1/s1. The lowest BCUT2D eigenvalue weighted by molar-refractivity contribution is -0.137. The third-order valence-electron chi connectivity index (χ3n) is 6.52. The first-order chi connectivity index (χ1) is 16.2. The molecule has 1 atom stereocenters. The molecule has 2 heterocycles. The van der Waals surface area contributed by atoms with Crippen molar-refractivity contribution in [2.24, 2.45) is 5.92 Å². The van der Waals surface area contributed by atoms with E-state index in [1.165, 1.54) is 0 Å². The molecule has 1 fully saturated rings. The minimum Gasteiger partial charge on any atom is -0.481 e. The van der Waals surface area contributed by atoms with Crippen molar-refractivity contribution in [1.29, 1.82) is 5.26 Å². The summed E-state index contributed by atoms with van der Waals surface area (Å²) in [6, 6.07) is 7.45. The third kappa shape index (κ3) is 6.67. The summed E-state index contributed by atoms with van der Waals surface area (Å²) in [5, 5.41) is 25.4. The average molecular weight is 466 g/mol. The van der Waals surface area contributed by atoms with E-state index in [0.717, 1.165) is 54.9 Å². The number of aromatic nitrogens is 2. The second-order valence-electron chi connectivity index (χ2n) is 9.77. The van der Waals surface area contributed by atoms with Crippen LogP contribution in [0.2, 0.25) is 0 Å². The zero-order chi connectivity index (χ0) is 24.7. The topological polar surface area (TPSA) is 120 Å². The monoisotopic (exact) mass is 465 g/mol. The van der Waals surface area contributed by atoms with Crippen LogP contribution in [0.4, 0.5) is 17.2 Å². The molecule has 3 N–H and O–H groups in total. The summed E-state index contributed by atoms with van der Waals surface area (Å²) in [5.74, 6) is 0.222. The Bertz CT molecular complexity index is 1010. The van der Waals surface area contributed by atoms with E-state index in [9.17, 15) is 9.90 Å². The number of carboxylic acids is 1. The number of aliphatic carboxylic acids is 1. The first-order valence-electron chi connectivity index (χ1n) is 11.9. The molecule has 0 spiro atoms. The Labute approximate surface area is 201 Å². The van der Waals surface area contributed by atoms with E-state index in [1.807, 2.05) is 19.1 Å². The number of anilines is 3. The Morgan fingerprint density at radius 2 is 2.00 bits per heavy atom. The minimum absolute atomic E-state index is 0.0298. The molecule has 2 aromatic heterocycles. The number of pyridine rings is 2. The van der Waals surface area contributed by atoms with Gasteiger partial charge < -0.3 is 20.5 Å². The van der Waals surface area contributed by atoms with Gasteiger partial charge in [0.2, 0.25) is 0 Å². The van der Waals surface area contributed by atoms with E-state index in [1.54, 1.807) is 31.6 Å². The van der Waals surface area contributed by atoms with E-state index < -0.39 is 5.97 Å². The van der Waals surface area contributed by atoms with Crippen LogP contribution in [0.15, 0.2) is 30.6 Å². The number of nitriles is 1. The van der Waals surface area contributed by atoms with Gasteiger partial charge in [0.15, 0.2) is 0 Å². The van der Waals surface area contributed by atoms with Gasteiger partial charge in [-0.3, -0.25) is 4.79 Å². The van der Waals surface area contributed by atoms with Gasteiger partial charge >= 0.3 is 5.97 Å². The van der Waals surface area contributed by atoms with Crippen molar-refractivity contribution in [3.05, 3.63) is 41.9 Å². The minimum atomic E-state index is -0.841. The summed E-state index contributed by atoms with van der Waals surface area (Å²) in [5.41, 5.74) is 2.59. The molecule has 0 radical (unpaired) electrons. The van der Waals surface area contributed by atoms with E-state index in [-0.39, 0.29) is 24.0 Å². The Kier molecular flexibility index (Phi) is 8.46. The first-order valence-corrected chi connectivity index (χ1v) is 11.9. The highest BCUT2D eigenvalue weighted by atomic mass is 16.5. The molecule has 0 bridgehead atoms. The lowest BCUT2D eigenvalue weighted by Crippen LogP contribution is -2.44. The Balaban J connectivity index is 1.94. The highest BCUT2D eigenvalue weighted by Crippen LogP contribution is 2.39. The van der Waals surface area contributed by atoms with Gasteiger partial charge in [0.25, 0.3) is 0 Å². The van der Waals surface area contributed by atoms with Crippen molar-refractivity contribution in [3.63, 3.8) is 0 Å². The maximum atomic E-state index is 11.3. The van der Waals surface area contributed by atoms with Crippen LogP contribution in [0, 0.1) is 17.2 Å². The van der Waals surface area contributed by atoms with Gasteiger partial charge in [-0.1, -0.05) is 20.8 Å². The molecule has 1 aliphatic carbocycles. The number of hydrogen-bond donors (Lipinski definition) is 3. The molecule has 0 saturated heterocycles. The lowest BCUT2D eigenvalue weighted by atomic mass is 9.75. The maximum absolute atomic E-state index is 11.3. The van der Waals surface area contributed by atoms with Crippen LogP contribution >= 0.6 is 0 Å². The van der Waals surface area contributed by atoms with Crippen LogP contribution in [0.5, 0.6) is 0 Å². The van der Waals surface area contributed by atoms with Gasteiger partial charge in [0.05, 0.1) is 30.1 Å². The van der Waals surface area contributed by atoms with Crippen LogP contribution in [-0.4, -0.2) is 39.8 Å². The number of nitrogens with one attached hydrogen (secondary N) is 2. The molecule has 182 valence electrons. The number of hydrogen-bond acceptors (Lipinski definition) is 7. The van der Waals surface area contributed by atoms with Gasteiger partial charge in [0.1, 0.15) is 17.6 Å². The van der Waals surface area contributed by atoms with Crippen LogP contribution in [-0.2, 0) is 9.53 Å². The summed E-state index contributed by atoms with van der Waals surface area (Å²) in [6.07, 6.45) is 8.67. The molecule has 1 saturated carbocycles. The van der Waals surface area contributed by atoms with Crippen molar-refractivity contribution in [1.82, 2.24) is 9.97 Å². The van der Waals surface area contributed by atoms with E-state index >= 15 is 0 Å². The SMILES string of the molecule is COC1CCC(CC(C)C)(Nc2ncc([C@H](C)CC(=O)O)cc2Nc2ccc(C#N)nc2)CC1. The number of carboxylic acid groups (broad SMARTS) is 1. The van der Waals surface area contributed by atoms with Crippen molar-refractivity contribution < 1.29 is 14.6 Å². The zero-order valence-electron chi connectivity index (χ0n) is 20.5. The van der Waals surface area contributed by atoms with E-state index in [4.69, 9.17) is 15.0 Å². The number of ether oxygens (including phenoxy) is 1. The third-order valence-corrected chi connectivity index (χ3v) is 6.52. The Morgan fingerprint density at radius 3 is 2.56 bits per heavy atom. The fourth-order valence-corrected chi connectivity index (χ4v) is 4.81. The van der Waals surface area contributed by atoms with Gasteiger partial charge in [-0.25, -0.2) is 9.97 Å².